The normalized spacial score (nSPS) is 11.6. The number of hydrogen-bond acceptors (Lipinski definition) is 9. The summed E-state index contributed by atoms with van der Waals surface area (Å²) in [6, 6.07) is 31.9. The third-order valence-electron chi connectivity index (χ3n) is 11.1. The summed E-state index contributed by atoms with van der Waals surface area (Å²) in [6.07, 6.45) is 0.867. The van der Waals surface area contributed by atoms with Crippen LogP contribution in [0, 0.1) is 11.6 Å². The van der Waals surface area contributed by atoms with Gasteiger partial charge in [0.25, 0.3) is 23.6 Å². The van der Waals surface area contributed by atoms with Crippen LogP contribution >= 0.6 is 0 Å². The Labute approximate surface area is 387 Å². The summed E-state index contributed by atoms with van der Waals surface area (Å²) in [6.45, 7) is 2.44. The van der Waals surface area contributed by atoms with Gasteiger partial charge in [0.15, 0.2) is 0 Å². The van der Waals surface area contributed by atoms with Gasteiger partial charge in [-0.2, -0.15) is 0 Å². The molecule has 0 saturated heterocycles. The van der Waals surface area contributed by atoms with Gasteiger partial charge in [-0.05, 0) is 133 Å². The van der Waals surface area contributed by atoms with Gasteiger partial charge < -0.3 is 29.9 Å². The van der Waals surface area contributed by atoms with Gasteiger partial charge in [-0.1, -0.05) is 36.4 Å². The Bertz CT molecular complexity index is 3490. The largest absolute Gasteiger partial charge is 0.480 e. The molecule has 14 nitrogen and oxygen atoms in total. The monoisotopic (exact) mass is 938 g/mol. The highest BCUT2D eigenvalue weighted by molar-refractivity contribution is 7.89. The summed E-state index contributed by atoms with van der Waals surface area (Å²) < 4.78 is 67.2. The first kappa shape index (κ1) is 46.1. The van der Waals surface area contributed by atoms with E-state index in [4.69, 9.17) is 8.83 Å². The zero-order valence-corrected chi connectivity index (χ0v) is 37.4. The molecular weight excluding hydrogens is 899 g/mol. The average molecular weight is 939 g/mol. The fourth-order valence-corrected chi connectivity index (χ4v) is 8.09. The minimum absolute atomic E-state index is 0.0590. The van der Waals surface area contributed by atoms with Crippen LogP contribution in [0.4, 0.5) is 8.78 Å². The number of carboxylic acid groups (broad SMARTS) is 1. The second-order valence-corrected chi connectivity index (χ2v) is 18.1. The Morgan fingerprint density at radius 2 is 1.12 bits per heavy atom. The number of rotatable bonds is 13. The Morgan fingerprint density at radius 3 is 1.68 bits per heavy atom. The molecule has 0 spiro atoms. The van der Waals surface area contributed by atoms with Crippen molar-refractivity contribution in [3.05, 3.63) is 167 Å². The van der Waals surface area contributed by atoms with Gasteiger partial charge in [-0.25, -0.2) is 26.7 Å². The molecule has 0 atom stereocenters. The van der Waals surface area contributed by atoms with E-state index in [2.05, 4.69) is 16.0 Å². The molecule has 0 radical (unpaired) electrons. The van der Waals surface area contributed by atoms with Gasteiger partial charge in [0.2, 0.25) is 10.0 Å². The molecule has 0 aliphatic rings. The van der Waals surface area contributed by atoms with Crippen molar-refractivity contribution in [3.8, 4) is 44.9 Å². The maximum Gasteiger partial charge on any atom is 0.328 e. The predicted molar refractivity (Wildman–Crippen MR) is 250 cm³/mol. The highest BCUT2D eigenvalue weighted by Crippen LogP contribution is 2.39. The number of nitrogens with one attached hydrogen (secondary N) is 4. The van der Waals surface area contributed by atoms with E-state index in [0.717, 1.165) is 6.26 Å². The lowest BCUT2D eigenvalue weighted by Crippen LogP contribution is -2.49. The third-order valence-corrected chi connectivity index (χ3v) is 11.6. The molecule has 6 aromatic carbocycles. The van der Waals surface area contributed by atoms with Crippen molar-refractivity contribution in [2.75, 3.05) is 13.3 Å². The topological polar surface area (TPSA) is 214 Å². The summed E-state index contributed by atoms with van der Waals surface area (Å²) in [5.74, 6) is -4.85. The van der Waals surface area contributed by atoms with Crippen LogP contribution in [0.2, 0.25) is 0 Å². The van der Waals surface area contributed by atoms with E-state index in [0.29, 0.717) is 44.2 Å². The Hall–Kier alpha value is -8.44. The lowest BCUT2D eigenvalue weighted by atomic mass is 9.97. The van der Waals surface area contributed by atoms with Crippen molar-refractivity contribution < 1.29 is 55.1 Å². The number of benzene rings is 6. The van der Waals surface area contributed by atoms with E-state index in [9.17, 15) is 41.9 Å². The van der Waals surface area contributed by atoms with Crippen LogP contribution in [0.25, 0.3) is 66.8 Å². The molecule has 2 heterocycles. The maximum absolute atomic E-state index is 15.2. The Morgan fingerprint density at radius 1 is 0.603 bits per heavy atom. The van der Waals surface area contributed by atoms with Crippen molar-refractivity contribution >= 4 is 61.6 Å². The second-order valence-electron chi connectivity index (χ2n) is 16.4. The number of carboxylic acids is 1. The van der Waals surface area contributed by atoms with Gasteiger partial charge >= 0.3 is 5.97 Å². The minimum Gasteiger partial charge on any atom is -0.480 e. The molecule has 0 bridgehead atoms. The van der Waals surface area contributed by atoms with Gasteiger partial charge in [-0.15, -0.1) is 0 Å². The summed E-state index contributed by atoms with van der Waals surface area (Å²) in [5, 5.41) is 18.2. The number of sulfonamides is 1. The molecule has 8 rings (SSSR count). The number of fused-ring (bicyclic) bond motifs is 2. The lowest BCUT2D eigenvalue weighted by molar-refractivity contribution is -0.143. The zero-order valence-electron chi connectivity index (χ0n) is 36.6. The first-order valence-electron chi connectivity index (χ1n) is 20.8. The molecule has 8 aromatic rings. The summed E-state index contributed by atoms with van der Waals surface area (Å²) in [4.78, 5) is 65.7. The van der Waals surface area contributed by atoms with Crippen LogP contribution in [0.1, 0.15) is 60.8 Å². The van der Waals surface area contributed by atoms with Crippen LogP contribution in [0.5, 0.6) is 0 Å². The molecule has 344 valence electrons. The smallest absolute Gasteiger partial charge is 0.328 e. The lowest BCUT2D eigenvalue weighted by Gasteiger charge is -2.21. The van der Waals surface area contributed by atoms with Crippen molar-refractivity contribution in [2.45, 2.75) is 25.9 Å². The highest BCUT2D eigenvalue weighted by Gasteiger charge is 2.30. The second kappa shape index (κ2) is 18.1. The Kier molecular flexibility index (Phi) is 12.3. The first-order chi connectivity index (χ1) is 32.3. The number of furan rings is 2. The molecule has 0 saturated carbocycles. The molecule has 68 heavy (non-hydrogen) atoms. The molecule has 5 N–H and O–H groups in total. The van der Waals surface area contributed by atoms with E-state index in [-0.39, 0.29) is 57.0 Å². The van der Waals surface area contributed by atoms with Crippen molar-refractivity contribution in [3.63, 3.8) is 0 Å². The van der Waals surface area contributed by atoms with Crippen molar-refractivity contribution in [2.24, 2.45) is 0 Å². The van der Waals surface area contributed by atoms with E-state index in [1.165, 1.54) is 81.6 Å². The van der Waals surface area contributed by atoms with Crippen LogP contribution < -0.4 is 20.7 Å². The van der Waals surface area contributed by atoms with Crippen molar-refractivity contribution in [1.82, 2.24) is 20.7 Å². The van der Waals surface area contributed by atoms with E-state index < -0.39 is 56.8 Å². The molecule has 0 aliphatic heterocycles. The molecule has 4 amide bonds. The minimum atomic E-state index is -3.83. The zero-order chi connectivity index (χ0) is 48.7. The fourth-order valence-electron chi connectivity index (χ4n) is 7.64. The molecular formula is C51H40F2N4O10S. The molecule has 2 aromatic heterocycles. The first-order valence-corrected chi connectivity index (χ1v) is 22.7. The van der Waals surface area contributed by atoms with Crippen LogP contribution in [0.3, 0.4) is 0 Å². The van der Waals surface area contributed by atoms with Crippen LogP contribution in [-0.4, -0.2) is 62.0 Å². The molecule has 17 heteroatoms. The standard InChI is InChI=1S/C51H40F2N4O10S/c1-51(2,50(62)63)56-46(58)32-9-5-7-28(21-32)30-13-19-40-38(24-30)42(44(66-40)27-11-15-35(52)16-12-27)49(61)55-26-34-23-36(53)17-18-37(34)45-43(48(60)54-3)39-25-31(14-20-41(39)67-45)29-8-6-10-33(22-29)47(59)57-68(4,64)65/h5-25H,26H2,1-4H3,(H,54,60)(H,55,61)(H,56,58)(H,57,59)(H,62,63). The number of aliphatic carboxylic acids is 1. The SMILES string of the molecule is CNC(=O)c1c(-c2ccc(F)cc2CNC(=O)c2c(-c3ccc(F)cc3)oc3ccc(-c4cccc(C(=O)NC(C)(C)C(=O)O)c4)cc23)oc2ccc(-c3cccc(C(=O)NS(C)(=O)=O)c3)cc12. The maximum atomic E-state index is 15.2. The predicted octanol–water partition coefficient (Wildman–Crippen LogP) is 8.70. The summed E-state index contributed by atoms with van der Waals surface area (Å²) in [7, 11) is -2.40. The van der Waals surface area contributed by atoms with E-state index in [1.807, 2.05) is 4.72 Å². The van der Waals surface area contributed by atoms with Gasteiger partial charge in [0.1, 0.15) is 39.9 Å². The van der Waals surface area contributed by atoms with Crippen molar-refractivity contribution in [1.29, 1.82) is 0 Å². The van der Waals surface area contributed by atoms with Gasteiger partial charge in [-0.3, -0.25) is 19.2 Å². The quantitative estimate of drug-likeness (QED) is 0.0742. The fraction of sp³-hybridized carbons (Fsp3) is 0.118. The van der Waals surface area contributed by atoms with E-state index >= 15 is 4.39 Å². The number of carbonyl (C=O) groups excluding carboxylic acids is 4. The molecule has 0 fully saturated rings. The summed E-state index contributed by atoms with van der Waals surface area (Å²) >= 11 is 0. The third kappa shape index (κ3) is 9.45. The van der Waals surface area contributed by atoms with Gasteiger partial charge in [0.05, 0.1) is 17.4 Å². The highest BCUT2D eigenvalue weighted by atomic mass is 32.2. The number of amides is 4. The summed E-state index contributed by atoms with van der Waals surface area (Å²) in [5.41, 5.74) is 2.54. The number of hydrogen-bond donors (Lipinski definition) is 5. The number of carbonyl (C=O) groups is 5. The van der Waals surface area contributed by atoms with Crippen LogP contribution in [-0.2, 0) is 21.4 Å². The van der Waals surface area contributed by atoms with E-state index in [1.54, 1.807) is 66.7 Å². The molecule has 0 unspecified atom stereocenters. The molecule has 0 aliphatic carbocycles. The average Bonchev–Trinajstić information content (AvgIpc) is 3.88. The Balaban J connectivity index is 1.16. The van der Waals surface area contributed by atoms with Gasteiger partial charge in [0, 0.05) is 46.6 Å². The number of halogens is 2. The van der Waals surface area contributed by atoms with Crippen LogP contribution in [0.15, 0.2) is 136 Å².